The van der Waals surface area contributed by atoms with E-state index in [1.807, 2.05) is 24.3 Å². The molecule has 0 bridgehead atoms. The second kappa shape index (κ2) is 7.14. The van der Waals surface area contributed by atoms with E-state index in [9.17, 15) is 0 Å². The van der Waals surface area contributed by atoms with Crippen LogP contribution >= 0.6 is 11.8 Å². The Hall–Kier alpha value is -1.26. The second-order valence-electron chi connectivity index (χ2n) is 6.21. The van der Waals surface area contributed by atoms with E-state index < -0.39 is 0 Å². The Morgan fingerprint density at radius 3 is 2.52 bits per heavy atom. The molecule has 0 radical (unpaired) electrons. The predicted molar refractivity (Wildman–Crippen MR) is 90.5 cm³/mol. The molecule has 1 N–H and O–H groups in total. The number of nitrogens with zero attached hydrogens (tertiary/aromatic N) is 2. The maximum Gasteiger partial charge on any atom is 0.0948 e. The highest BCUT2D eigenvalue weighted by Crippen LogP contribution is 2.23. The lowest BCUT2D eigenvalue weighted by Gasteiger charge is -2.20. The molecule has 1 heterocycles. The quantitative estimate of drug-likeness (QED) is 0.815. The van der Waals surface area contributed by atoms with Gasteiger partial charge in [-0.2, -0.15) is 0 Å². The van der Waals surface area contributed by atoms with E-state index in [0.717, 1.165) is 18.8 Å². The van der Waals surface area contributed by atoms with Crippen molar-refractivity contribution in [2.75, 3.05) is 0 Å². The molecule has 0 saturated heterocycles. The normalized spacial score (nSPS) is 11.8. The molecule has 1 aromatic carbocycles. The fourth-order valence-corrected chi connectivity index (χ4v) is 2.86. The van der Waals surface area contributed by atoms with Crippen LogP contribution in [0.5, 0.6) is 0 Å². The first kappa shape index (κ1) is 16.1. The van der Waals surface area contributed by atoms with Crippen molar-refractivity contribution in [1.82, 2.24) is 14.9 Å². The van der Waals surface area contributed by atoms with Gasteiger partial charge in [-0.15, -0.1) is 11.8 Å². The van der Waals surface area contributed by atoms with E-state index >= 15 is 0 Å². The van der Waals surface area contributed by atoms with Gasteiger partial charge < -0.3 is 9.88 Å². The molecule has 0 atom stereocenters. The average Bonchev–Trinajstić information content (AvgIpc) is 2.90. The largest absolute Gasteiger partial charge is 0.334 e. The van der Waals surface area contributed by atoms with Gasteiger partial charge in [0, 0.05) is 41.2 Å². The van der Waals surface area contributed by atoms with Gasteiger partial charge in [0.25, 0.3) is 0 Å². The SMILES string of the molecule is CCn1cncc1CSc1ccc(CNC(C)(C)C)cc1. The van der Waals surface area contributed by atoms with Gasteiger partial charge in [0.05, 0.1) is 6.33 Å². The molecule has 114 valence electrons. The predicted octanol–water partition coefficient (Wildman–Crippen LogP) is 4.08. The lowest BCUT2D eigenvalue weighted by Crippen LogP contribution is -2.35. The first-order valence-electron chi connectivity index (χ1n) is 7.44. The van der Waals surface area contributed by atoms with Crippen molar-refractivity contribution in [2.45, 2.75) is 57.0 Å². The van der Waals surface area contributed by atoms with Gasteiger partial charge >= 0.3 is 0 Å². The summed E-state index contributed by atoms with van der Waals surface area (Å²) in [6, 6.07) is 8.82. The number of imidazole rings is 1. The Labute approximate surface area is 132 Å². The third-order valence-corrected chi connectivity index (χ3v) is 4.32. The highest BCUT2D eigenvalue weighted by Gasteiger charge is 2.08. The number of hydrogen-bond donors (Lipinski definition) is 1. The van der Waals surface area contributed by atoms with Crippen LogP contribution in [0.25, 0.3) is 0 Å². The maximum atomic E-state index is 4.21. The molecule has 21 heavy (non-hydrogen) atoms. The number of hydrogen-bond acceptors (Lipinski definition) is 3. The number of aryl methyl sites for hydroxylation is 1. The molecule has 0 saturated carbocycles. The summed E-state index contributed by atoms with van der Waals surface area (Å²) in [5, 5.41) is 3.51. The van der Waals surface area contributed by atoms with Gasteiger partial charge in [-0.3, -0.25) is 0 Å². The Morgan fingerprint density at radius 2 is 1.90 bits per heavy atom. The van der Waals surface area contributed by atoms with Gasteiger partial charge in [0.15, 0.2) is 0 Å². The lowest BCUT2D eigenvalue weighted by atomic mass is 10.1. The van der Waals surface area contributed by atoms with Gasteiger partial charge in [0.1, 0.15) is 0 Å². The van der Waals surface area contributed by atoms with Crippen molar-refractivity contribution in [3.05, 3.63) is 48.0 Å². The summed E-state index contributed by atoms with van der Waals surface area (Å²) in [4.78, 5) is 5.51. The van der Waals surface area contributed by atoms with Crippen LogP contribution in [0.2, 0.25) is 0 Å². The molecule has 2 aromatic rings. The summed E-state index contributed by atoms with van der Waals surface area (Å²) < 4.78 is 2.19. The van der Waals surface area contributed by atoms with E-state index in [-0.39, 0.29) is 5.54 Å². The Bertz CT molecular complexity index is 552. The number of thioether (sulfide) groups is 1. The summed E-state index contributed by atoms with van der Waals surface area (Å²) in [6.07, 6.45) is 3.86. The summed E-state index contributed by atoms with van der Waals surface area (Å²) in [5.74, 6) is 0.966. The maximum absolute atomic E-state index is 4.21. The lowest BCUT2D eigenvalue weighted by molar-refractivity contribution is 0.424. The molecular weight excluding hydrogens is 278 g/mol. The first-order valence-corrected chi connectivity index (χ1v) is 8.42. The molecule has 0 aliphatic rings. The van der Waals surface area contributed by atoms with Crippen molar-refractivity contribution < 1.29 is 0 Å². The molecule has 0 amide bonds. The first-order chi connectivity index (χ1) is 9.98. The van der Waals surface area contributed by atoms with E-state index in [1.54, 1.807) is 0 Å². The zero-order valence-electron chi connectivity index (χ0n) is 13.4. The fraction of sp³-hybridized carbons (Fsp3) is 0.471. The summed E-state index contributed by atoms with van der Waals surface area (Å²) >= 11 is 1.86. The third kappa shape index (κ3) is 5.21. The van der Waals surface area contributed by atoms with Crippen LogP contribution in [0.4, 0.5) is 0 Å². The molecule has 0 fully saturated rings. The smallest absolute Gasteiger partial charge is 0.0948 e. The van der Waals surface area contributed by atoms with Gasteiger partial charge in [-0.1, -0.05) is 12.1 Å². The minimum atomic E-state index is 0.159. The summed E-state index contributed by atoms with van der Waals surface area (Å²) in [5.41, 5.74) is 2.76. The van der Waals surface area contributed by atoms with Crippen molar-refractivity contribution in [1.29, 1.82) is 0 Å². The van der Waals surface area contributed by atoms with E-state index in [4.69, 9.17) is 0 Å². The Morgan fingerprint density at radius 1 is 1.19 bits per heavy atom. The molecule has 3 nitrogen and oxygen atoms in total. The van der Waals surface area contributed by atoms with Gasteiger partial charge in [-0.05, 0) is 45.4 Å². The van der Waals surface area contributed by atoms with Crippen LogP contribution in [-0.2, 0) is 18.8 Å². The Kier molecular flexibility index (Phi) is 5.48. The van der Waals surface area contributed by atoms with Crippen molar-refractivity contribution >= 4 is 11.8 Å². The minimum Gasteiger partial charge on any atom is -0.334 e. The van der Waals surface area contributed by atoms with Crippen LogP contribution in [0.15, 0.2) is 41.7 Å². The van der Waals surface area contributed by atoms with Crippen LogP contribution in [0.1, 0.15) is 39.0 Å². The zero-order chi connectivity index (χ0) is 15.3. The van der Waals surface area contributed by atoms with Crippen LogP contribution in [0, 0.1) is 0 Å². The van der Waals surface area contributed by atoms with E-state index in [0.29, 0.717) is 0 Å². The third-order valence-electron chi connectivity index (χ3n) is 3.27. The standard InChI is InChI=1S/C17H25N3S/c1-5-20-13-18-11-15(20)12-21-16-8-6-14(7-9-16)10-19-17(2,3)4/h6-9,11,13,19H,5,10,12H2,1-4H3. The van der Waals surface area contributed by atoms with Crippen LogP contribution < -0.4 is 5.32 Å². The molecule has 0 aliphatic carbocycles. The molecule has 1 aromatic heterocycles. The average molecular weight is 303 g/mol. The van der Waals surface area contributed by atoms with Crippen LogP contribution in [-0.4, -0.2) is 15.1 Å². The molecule has 0 aliphatic heterocycles. The second-order valence-corrected chi connectivity index (χ2v) is 7.26. The monoisotopic (exact) mass is 303 g/mol. The fourth-order valence-electron chi connectivity index (χ4n) is 1.98. The van der Waals surface area contributed by atoms with Crippen molar-refractivity contribution in [3.8, 4) is 0 Å². The Balaban J connectivity index is 1.88. The molecule has 2 rings (SSSR count). The van der Waals surface area contributed by atoms with Gasteiger partial charge in [0.2, 0.25) is 0 Å². The number of rotatable bonds is 6. The number of nitrogens with one attached hydrogen (secondary N) is 1. The molecular formula is C17H25N3S. The highest BCUT2D eigenvalue weighted by molar-refractivity contribution is 7.98. The zero-order valence-corrected chi connectivity index (χ0v) is 14.2. The minimum absolute atomic E-state index is 0.159. The number of benzene rings is 1. The van der Waals surface area contributed by atoms with Crippen molar-refractivity contribution in [3.63, 3.8) is 0 Å². The number of aromatic nitrogens is 2. The van der Waals surface area contributed by atoms with Crippen molar-refractivity contribution in [2.24, 2.45) is 0 Å². The van der Waals surface area contributed by atoms with E-state index in [2.05, 4.69) is 66.8 Å². The summed E-state index contributed by atoms with van der Waals surface area (Å²) in [6.45, 7) is 10.6. The topological polar surface area (TPSA) is 29.9 Å². The van der Waals surface area contributed by atoms with E-state index in [1.165, 1.54) is 16.2 Å². The molecule has 4 heteroatoms. The molecule has 0 unspecified atom stereocenters. The highest BCUT2D eigenvalue weighted by atomic mass is 32.2. The van der Waals surface area contributed by atoms with Gasteiger partial charge in [-0.25, -0.2) is 4.98 Å². The summed E-state index contributed by atoms with van der Waals surface area (Å²) in [7, 11) is 0. The molecule has 0 spiro atoms. The van der Waals surface area contributed by atoms with Crippen LogP contribution in [0.3, 0.4) is 0 Å².